The number of ether oxygens (including phenoxy) is 1. The molecule has 0 bridgehead atoms. The molecule has 1 atom stereocenters. The molecule has 3 aromatic rings. The highest BCUT2D eigenvalue weighted by Crippen LogP contribution is 2.24. The Balaban J connectivity index is 1.49. The number of nitrogens with one attached hydrogen (secondary N) is 2. The molecule has 8 nitrogen and oxygen atoms in total. The van der Waals surface area contributed by atoms with Crippen molar-refractivity contribution in [1.29, 1.82) is 5.26 Å². The minimum atomic E-state index is -0.434. The predicted octanol–water partition coefficient (Wildman–Crippen LogP) is 2.75. The standard InChI is InChI=1S/C24H24N4O4/c25-12-17(24(30)27-14-20-6-4-10-32-20)11-18-15-28(22-8-2-1-7-21(18)22)16-23(29)26-13-19-5-3-9-31-19/h1-3,5,7-9,11,15,20H,4,6,10,13-14,16H2,(H,26,29)(H,27,30). The van der Waals surface area contributed by atoms with E-state index in [0.717, 1.165) is 23.7 Å². The molecule has 8 heteroatoms. The van der Waals surface area contributed by atoms with E-state index in [1.807, 2.05) is 30.3 Å². The average molecular weight is 432 g/mol. The van der Waals surface area contributed by atoms with Crippen molar-refractivity contribution in [3.63, 3.8) is 0 Å². The minimum absolute atomic E-state index is 0.000459. The Morgan fingerprint density at radius 3 is 2.84 bits per heavy atom. The van der Waals surface area contributed by atoms with Gasteiger partial charge in [0.2, 0.25) is 5.91 Å². The van der Waals surface area contributed by atoms with Crippen molar-refractivity contribution in [2.75, 3.05) is 13.2 Å². The van der Waals surface area contributed by atoms with Crippen LogP contribution in [-0.4, -0.2) is 35.6 Å². The van der Waals surface area contributed by atoms with Gasteiger partial charge in [0.1, 0.15) is 23.9 Å². The molecule has 0 spiro atoms. The van der Waals surface area contributed by atoms with Gasteiger partial charge in [0.05, 0.1) is 18.9 Å². The van der Waals surface area contributed by atoms with E-state index in [9.17, 15) is 14.9 Å². The van der Waals surface area contributed by atoms with Gasteiger partial charge in [-0.3, -0.25) is 9.59 Å². The van der Waals surface area contributed by atoms with Crippen LogP contribution in [0.25, 0.3) is 17.0 Å². The summed E-state index contributed by atoms with van der Waals surface area (Å²) in [6, 6.07) is 13.1. The van der Waals surface area contributed by atoms with Crippen molar-refractivity contribution < 1.29 is 18.7 Å². The lowest BCUT2D eigenvalue weighted by Gasteiger charge is -2.10. The van der Waals surface area contributed by atoms with Gasteiger partial charge < -0.3 is 24.4 Å². The van der Waals surface area contributed by atoms with Gasteiger partial charge in [-0.1, -0.05) is 18.2 Å². The van der Waals surface area contributed by atoms with Gasteiger partial charge in [-0.2, -0.15) is 5.26 Å². The topological polar surface area (TPSA) is 109 Å². The Hall–Kier alpha value is -3.83. The van der Waals surface area contributed by atoms with Gasteiger partial charge >= 0.3 is 0 Å². The van der Waals surface area contributed by atoms with Crippen molar-refractivity contribution in [1.82, 2.24) is 15.2 Å². The van der Waals surface area contributed by atoms with E-state index < -0.39 is 5.91 Å². The maximum absolute atomic E-state index is 12.5. The Labute approximate surface area is 185 Å². The number of aromatic nitrogens is 1. The van der Waals surface area contributed by atoms with Crippen molar-refractivity contribution in [3.8, 4) is 6.07 Å². The number of hydrogen-bond donors (Lipinski definition) is 2. The largest absolute Gasteiger partial charge is 0.467 e. The third kappa shape index (κ3) is 5.07. The van der Waals surface area contributed by atoms with E-state index in [1.54, 1.807) is 35.2 Å². The van der Waals surface area contributed by atoms with Crippen molar-refractivity contribution in [2.24, 2.45) is 0 Å². The van der Waals surface area contributed by atoms with Gasteiger partial charge in [0, 0.05) is 35.8 Å². The summed E-state index contributed by atoms with van der Waals surface area (Å²) in [6.07, 6.45) is 6.79. The summed E-state index contributed by atoms with van der Waals surface area (Å²) in [4.78, 5) is 25.0. The number of nitriles is 1. The maximum Gasteiger partial charge on any atom is 0.262 e. The zero-order valence-corrected chi connectivity index (χ0v) is 17.5. The summed E-state index contributed by atoms with van der Waals surface area (Å²) in [5.74, 6) is 0.0653. The summed E-state index contributed by atoms with van der Waals surface area (Å²) < 4.78 is 12.5. The van der Waals surface area contributed by atoms with Crippen molar-refractivity contribution in [3.05, 3.63) is 65.8 Å². The van der Waals surface area contributed by atoms with Gasteiger partial charge in [0.25, 0.3) is 5.91 Å². The van der Waals surface area contributed by atoms with Crippen LogP contribution in [0.2, 0.25) is 0 Å². The van der Waals surface area contributed by atoms with Gasteiger partial charge in [0.15, 0.2) is 0 Å². The summed E-state index contributed by atoms with van der Waals surface area (Å²) in [6.45, 7) is 1.49. The van der Waals surface area contributed by atoms with Crippen molar-refractivity contribution >= 4 is 28.8 Å². The molecule has 1 fully saturated rings. The molecule has 1 unspecified atom stereocenters. The van der Waals surface area contributed by atoms with Crippen LogP contribution in [0.1, 0.15) is 24.2 Å². The number of para-hydroxylation sites is 1. The number of amides is 2. The van der Waals surface area contributed by atoms with Crippen LogP contribution < -0.4 is 10.6 Å². The SMILES string of the molecule is N#CC(=Cc1cn(CC(=O)NCc2ccco2)c2ccccc12)C(=O)NCC1CCCO1. The number of benzene rings is 1. The second-order valence-electron chi connectivity index (χ2n) is 7.60. The molecule has 164 valence electrons. The summed E-state index contributed by atoms with van der Waals surface area (Å²) in [5, 5.41) is 16.0. The highest BCUT2D eigenvalue weighted by molar-refractivity contribution is 6.04. The van der Waals surface area contributed by atoms with Gasteiger partial charge in [-0.15, -0.1) is 0 Å². The van der Waals surface area contributed by atoms with Crippen LogP contribution >= 0.6 is 0 Å². The highest BCUT2D eigenvalue weighted by Gasteiger charge is 2.18. The van der Waals surface area contributed by atoms with E-state index in [-0.39, 0.29) is 24.1 Å². The number of carbonyl (C=O) groups excluding carboxylic acids is 2. The van der Waals surface area contributed by atoms with Crippen LogP contribution in [0.15, 0.2) is 58.8 Å². The molecule has 3 heterocycles. The number of carbonyl (C=O) groups is 2. The quantitative estimate of drug-likeness (QED) is 0.420. The number of fused-ring (bicyclic) bond motifs is 1. The normalized spacial score (nSPS) is 16.1. The fourth-order valence-electron chi connectivity index (χ4n) is 3.74. The van der Waals surface area contributed by atoms with E-state index in [2.05, 4.69) is 10.6 Å². The lowest BCUT2D eigenvalue weighted by molar-refractivity contribution is -0.122. The fraction of sp³-hybridized carbons (Fsp3) is 0.292. The Bertz CT molecular complexity index is 1160. The Kier molecular flexibility index (Phi) is 6.68. The highest BCUT2D eigenvalue weighted by atomic mass is 16.5. The Morgan fingerprint density at radius 1 is 1.22 bits per heavy atom. The molecule has 1 aliphatic rings. The molecule has 2 aromatic heterocycles. The monoisotopic (exact) mass is 432 g/mol. The zero-order chi connectivity index (χ0) is 22.3. The molecular formula is C24H24N4O4. The lowest BCUT2D eigenvalue weighted by Crippen LogP contribution is -2.32. The molecule has 1 aromatic carbocycles. The molecule has 0 radical (unpaired) electrons. The third-order valence-corrected chi connectivity index (χ3v) is 5.35. The number of hydrogen-bond acceptors (Lipinski definition) is 5. The minimum Gasteiger partial charge on any atom is -0.467 e. The maximum atomic E-state index is 12.5. The average Bonchev–Trinajstić information content (AvgIpc) is 3.57. The molecule has 1 aliphatic heterocycles. The predicted molar refractivity (Wildman–Crippen MR) is 118 cm³/mol. The number of nitrogens with zero attached hydrogens (tertiary/aromatic N) is 2. The molecular weight excluding hydrogens is 408 g/mol. The van der Waals surface area contributed by atoms with Crippen LogP contribution in [0.4, 0.5) is 0 Å². The van der Waals surface area contributed by atoms with Crippen LogP contribution in [0.3, 0.4) is 0 Å². The van der Waals surface area contributed by atoms with Crippen LogP contribution in [0.5, 0.6) is 0 Å². The molecule has 32 heavy (non-hydrogen) atoms. The molecule has 2 N–H and O–H groups in total. The van der Waals surface area contributed by atoms with Gasteiger partial charge in [-0.05, 0) is 37.1 Å². The molecule has 2 amide bonds. The Morgan fingerprint density at radius 2 is 2.09 bits per heavy atom. The summed E-state index contributed by atoms with van der Waals surface area (Å²) >= 11 is 0. The second kappa shape index (κ2) is 9.98. The second-order valence-corrected chi connectivity index (χ2v) is 7.60. The molecule has 4 rings (SSSR count). The van der Waals surface area contributed by atoms with E-state index in [4.69, 9.17) is 9.15 Å². The molecule has 0 aliphatic carbocycles. The zero-order valence-electron chi connectivity index (χ0n) is 17.5. The van der Waals surface area contributed by atoms with Crippen LogP contribution in [-0.2, 0) is 27.4 Å². The number of furan rings is 1. The number of rotatable bonds is 8. The van der Waals surface area contributed by atoms with Crippen LogP contribution in [0, 0.1) is 11.3 Å². The molecule has 0 saturated carbocycles. The van der Waals surface area contributed by atoms with E-state index in [1.165, 1.54) is 0 Å². The first-order chi connectivity index (χ1) is 15.6. The van der Waals surface area contributed by atoms with E-state index in [0.29, 0.717) is 31.0 Å². The van der Waals surface area contributed by atoms with E-state index >= 15 is 0 Å². The summed E-state index contributed by atoms with van der Waals surface area (Å²) in [7, 11) is 0. The lowest BCUT2D eigenvalue weighted by atomic mass is 10.1. The molecule has 1 saturated heterocycles. The first-order valence-corrected chi connectivity index (χ1v) is 10.5. The first-order valence-electron chi connectivity index (χ1n) is 10.5. The smallest absolute Gasteiger partial charge is 0.262 e. The van der Waals surface area contributed by atoms with Gasteiger partial charge in [-0.25, -0.2) is 0 Å². The third-order valence-electron chi connectivity index (χ3n) is 5.35. The first kappa shape index (κ1) is 21.4. The fourth-order valence-corrected chi connectivity index (χ4v) is 3.74. The summed E-state index contributed by atoms with van der Waals surface area (Å²) in [5.41, 5.74) is 1.54. The van der Waals surface area contributed by atoms with Crippen molar-refractivity contribution in [2.45, 2.75) is 32.0 Å².